The first-order valence-corrected chi connectivity index (χ1v) is 14.6. The summed E-state index contributed by atoms with van der Waals surface area (Å²) in [6.07, 6.45) is 10.8. The number of hydrogen-bond acceptors (Lipinski definition) is 3. The topological polar surface area (TPSA) is 43.4 Å². The second-order valence-electron chi connectivity index (χ2n) is 10.4. The van der Waals surface area contributed by atoms with Crippen LogP contribution in [0.5, 0.6) is 0 Å². The highest BCUT2D eigenvalue weighted by molar-refractivity contribution is 14.1. The lowest BCUT2D eigenvalue weighted by molar-refractivity contribution is -0.0468. The Labute approximate surface area is 209 Å². The van der Waals surface area contributed by atoms with Crippen molar-refractivity contribution in [2.24, 2.45) is 22.7 Å². The molecule has 0 aliphatic heterocycles. The van der Waals surface area contributed by atoms with Crippen molar-refractivity contribution in [3.63, 3.8) is 0 Å². The van der Waals surface area contributed by atoms with E-state index in [1.807, 2.05) is 12.1 Å². The first-order valence-electron chi connectivity index (χ1n) is 11.0. The number of fused-ring (bicyclic) bond motifs is 3. The molecule has 3 aliphatic rings. The van der Waals surface area contributed by atoms with Gasteiger partial charge < -0.3 is 0 Å². The van der Waals surface area contributed by atoms with Gasteiger partial charge in [0.15, 0.2) is 0 Å². The average molecular weight is 654 g/mol. The Kier molecular flexibility index (Phi) is 6.48. The zero-order valence-electron chi connectivity index (χ0n) is 18.1. The van der Waals surface area contributed by atoms with Crippen molar-refractivity contribution < 1.29 is 12.6 Å². The maximum atomic E-state index is 12.8. The second kappa shape index (κ2) is 8.28. The van der Waals surface area contributed by atoms with Gasteiger partial charge in [0.25, 0.3) is 10.1 Å². The molecule has 0 aromatic heterocycles. The third-order valence-corrected chi connectivity index (χ3v) is 10.9. The number of benzene rings is 1. The Hall–Kier alpha value is 0.330. The Morgan fingerprint density at radius 1 is 1.10 bits per heavy atom. The quantitative estimate of drug-likeness (QED) is 0.150. The minimum atomic E-state index is -3.73. The summed E-state index contributed by atoms with van der Waals surface area (Å²) in [5.41, 5.74) is 1.73. The SMILES string of the molecule is C[C@]1(I)CC=C2C(CCC3[C@](C)(COS(=O)(=O)c4ccc(I)cc4)CCC[C@@]23C)C1. The van der Waals surface area contributed by atoms with Crippen molar-refractivity contribution in [1.82, 2.24) is 0 Å². The van der Waals surface area contributed by atoms with E-state index in [-0.39, 0.29) is 22.3 Å². The molecule has 166 valence electrons. The molecule has 0 amide bonds. The van der Waals surface area contributed by atoms with Crippen molar-refractivity contribution in [2.75, 3.05) is 6.61 Å². The van der Waals surface area contributed by atoms with E-state index in [1.54, 1.807) is 17.7 Å². The molecule has 3 aliphatic carbocycles. The molecule has 0 bridgehead atoms. The van der Waals surface area contributed by atoms with E-state index in [4.69, 9.17) is 4.18 Å². The van der Waals surface area contributed by atoms with Gasteiger partial charge in [0, 0.05) is 6.99 Å². The summed E-state index contributed by atoms with van der Waals surface area (Å²) in [5, 5.41) is 0. The largest absolute Gasteiger partial charge is 0.296 e. The molecule has 0 spiro atoms. The van der Waals surface area contributed by atoms with Gasteiger partial charge in [-0.2, -0.15) is 8.42 Å². The molecule has 2 unspecified atom stereocenters. The maximum Gasteiger partial charge on any atom is 0.296 e. The van der Waals surface area contributed by atoms with E-state index in [9.17, 15) is 8.42 Å². The van der Waals surface area contributed by atoms with E-state index in [0.29, 0.717) is 15.3 Å². The number of halogens is 2. The van der Waals surface area contributed by atoms with Crippen LogP contribution in [0.1, 0.15) is 65.7 Å². The summed E-state index contributed by atoms with van der Waals surface area (Å²) < 4.78 is 32.8. The van der Waals surface area contributed by atoms with Gasteiger partial charge in [-0.1, -0.05) is 61.4 Å². The summed E-state index contributed by atoms with van der Waals surface area (Å²) in [5.74, 6) is 1.17. The standard InChI is InChI=1S/C24H32I2O3S/c1-22(16-29-30(27,28)19-8-6-18(25)7-9-19)12-4-13-24(3)20-11-14-23(2,26)15-17(20)5-10-21(22)24/h6-9,11,17,21H,4-5,10,12-16H2,1-3H3/t17?,21?,22-,23-,24-/m0/s1. The molecule has 4 rings (SSSR count). The molecular weight excluding hydrogens is 622 g/mol. The van der Waals surface area contributed by atoms with Crippen LogP contribution in [0.2, 0.25) is 0 Å². The predicted octanol–water partition coefficient (Wildman–Crippen LogP) is 7.13. The van der Waals surface area contributed by atoms with Crippen LogP contribution < -0.4 is 0 Å². The lowest BCUT2D eigenvalue weighted by Gasteiger charge is -2.59. The van der Waals surface area contributed by atoms with Crippen LogP contribution in [0.3, 0.4) is 0 Å². The average Bonchev–Trinajstić information content (AvgIpc) is 2.66. The number of allylic oxidation sites excluding steroid dienone is 2. The summed E-state index contributed by atoms with van der Waals surface area (Å²) in [4.78, 5) is 0.255. The molecule has 0 saturated heterocycles. The third kappa shape index (κ3) is 4.40. The molecule has 0 heterocycles. The molecule has 3 nitrogen and oxygen atoms in total. The normalized spacial score (nSPS) is 39.0. The summed E-state index contributed by atoms with van der Waals surface area (Å²) >= 11 is 4.82. The summed E-state index contributed by atoms with van der Waals surface area (Å²) in [6.45, 7) is 7.38. The van der Waals surface area contributed by atoms with E-state index >= 15 is 0 Å². The Morgan fingerprint density at radius 2 is 1.80 bits per heavy atom. The van der Waals surface area contributed by atoms with Crippen LogP contribution in [-0.2, 0) is 14.3 Å². The summed E-state index contributed by atoms with van der Waals surface area (Å²) in [6, 6.07) is 6.91. The molecule has 5 atom stereocenters. The van der Waals surface area contributed by atoms with Gasteiger partial charge in [-0.05, 0) is 108 Å². The molecular formula is C24H32I2O3S. The summed E-state index contributed by atoms with van der Waals surface area (Å²) in [7, 11) is -3.73. The van der Waals surface area contributed by atoms with Gasteiger partial charge in [0.2, 0.25) is 0 Å². The molecule has 6 heteroatoms. The Balaban J connectivity index is 1.56. The highest BCUT2D eigenvalue weighted by Crippen LogP contribution is 2.63. The van der Waals surface area contributed by atoms with Gasteiger partial charge in [-0.25, -0.2) is 0 Å². The van der Waals surface area contributed by atoms with Gasteiger partial charge in [0.1, 0.15) is 0 Å². The predicted molar refractivity (Wildman–Crippen MR) is 138 cm³/mol. The van der Waals surface area contributed by atoms with E-state index in [1.165, 1.54) is 25.7 Å². The first-order chi connectivity index (χ1) is 14.0. The maximum absolute atomic E-state index is 12.8. The van der Waals surface area contributed by atoms with Crippen LogP contribution >= 0.6 is 45.2 Å². The molecule has 2 saturated carbocycles. The van der Waals surface area contributed by atoms with Gasteiger partial charge in [0.05, 0.1) is 11.5 Å². The van der Waals surface area contributed by atoms with Crippen LogP contribution in [0.4, 0.5) is 0 Å². The smallest absolute Gasteiger partial charge is 0.266 e. The highest BCUT2D eigenvalue weighted by Gasteiger charge is 2.55. The Bertz CT molecular complexity index is 938. The fourth-order valence-corrected chi connectivity index (χ4v) is 8.71. The lowest BCUT2D eigenvalue weighted by Crippen LogP contribution is -2.51. The van der Waals surface area contributed by atoms with E-state index in [2.05, 4.69) is 72.0 Å². The van der Waals surface area contributed by atoms with Crippen LogP contribution in [-0.4, -0.2) is 18.4 Å². The van der Waals surface area contributed by atoms with E-state index in [0.717, 1.165) is 22.8 Å². The van der Waals surface area contributed by atoms with Crippen molar-refractivity contribution in [3.05, 3.63) is 39.5 Å². The molecule has 2 fully saturated rings. The van der Waals surface area contributed by atoms with Crippen LogP contribution in [0.25, 0.3) is 0 Å². The number of hydrogen-bond donors (Lipinski definition) is 0. The van der Waals surface area contributed by atoms with Crippen molar-refractivity contribution in [2.45, 2.75) is 74.0 Å². The van der Waals surface area contributed by atoms with E-state index < -0.39 is 10.1 Å². The molecule has 0 N–H and O–H groups in total. The first kappa shape index (κ1) is 23.5. The fraction of sp³-hybridized carbons (Fsp3) is 0.667. The van der Waals surface area contributed by atoms with Crippen molar-refractivity contribution >= 4 is 55.3 Å². The number of alkyl halides is 1. The third-order valence-electron chi connectivity index (χ3n) is 8.02. The van der Waals surface area contributed by atoms with Crippen molar-refractivity contribution in [1.29, 1.82) is 0 Å². The zero-order chi connectivity index (χ0) is 21.8. The second-order valence-corrected chi connectivity index (χ2v) is 15.9. The van der Waals surface area contributed by atoms with Gasteiger partial charge in [-0.15, -0.1) is 0 Å². The zero-order valence-corrected chi connectivity index (χ0v) is 23.2. The van der Waals surface area contributed by atoms with Gasteiger partial charge >= 0.3 is 0 Å². The monoisotopic (exact) mass is 654 g/mol. The van der Waals surface area contributed by atoms with Crippen LogP contribution in [0.15, 0.2) is 40.8 Å². The molecule has 1 aromatic rings. The minimum Gasteiger partial charge on any atom is -0.266 e. The lowest BCUT2D eigenvalue weighted by atomic mass is 9.47. The molecule has 30 heavy (non-hydrogen) atoms. The van der Waals surface area contributed by atoms with Gasteiger partial charge in [-0.3, -0.25) is 4.18 Å². The molecule has 0 radical (unpaired) electrons. The highest BCUT2D eigenvalue weighted by atomic mass is 127. The fourth-order valence-electron chi connectivity index (χ4n) is 6.57. The van der Waals surface area contributed by atoms with Crippen molar-refractivity contribution in [3.8, 4) is 0 Å². The van der Waals surface area contributed by atoms with Crippen LogP contribution in [0, 0.1) is 26.2 Å². The molecule has 1 aromatic carbocycles. The minimum absolute atomic E-state index is 0.111. The number of rotatable bonds is 4. The Morgan fingerprint density at radius 3 is 2.50 bits per heavy atom.